The zero-order valence-electron chi connectivity index (χ0n) is 11.1. The fraction of sp³-hybridized carbons (Fsp3) is 0.0588. The van der Waals surface area contributed by atoms with Crippen LogP contribution in [0.15, 0.2) is 54.1 Å². The fourth-order valence-electron chi connectivity index (χ4n) is 1.72. The van der Waals surface area contributed by atoms with E-state index in [0.29, 0.717) is 22.9 Å². The number of hydrogen-bond acceptors (Lipinski definition) is 3. The number of hydrogen-bond donors (Lipinski definition) is 0. The number of ether oxygens (including phenoxy) is 1. The SMILES string of the molecule is N#CC(C#N)=Cc1ccccc1OCc1ccc(Cl)cc1. The lowest BCUT2D eigenvalue weighted by atomic mass is 10.1. The Bertz CT molecular complexity index is 721. The molecule has 0 unspecified atom stereocenters. The van der Waals surface area contributed by atoms with Gasteiger partial charge in [-0.25, -0.2) is 0 Å². The molecule has 2 aromatic carbocycles. The highest BCUT2D eigenvalue weighted by Crippen LogP contribution is 2.22. The Morgan fingerprint density at radius 1 is 1.05 bits per heavy atom. The van der Waals surface area contributed by atoms with E-state index in [0.717, 1.165) is 5.56 Å². The van der Waals surface area contributed by atoms with Crippen LogP contribution in [0.25, 0.3) is 6.08 Å². The molecule has 3 nitrogen and oxygen atoms in total. The number of halogens is 1. The van der Waals surface area contributed by atoms with Crippen LogP contribution in [0, 0.1) is 22.7 Å². The summed E-state index contributed by atoms with van der Waals surface area (Å²) in [5, 5.41) is 18.3. The lowest BCUT2D eigenvalue weighted by molar-refractivity contribution is 0.305. The Morgan fingerprint density at radius 3 is 2.38 bits per heavy atom. The quantitative estimate of drug-likeness (QED) is 0.788. The zero-order valence-corrected chi connectivity index (χ0v) is 11.8. The average Bonchev–Trinajstić information content (AvgIpc) is 2.53. The first-order valence-electron chi connectivity index (χ1n) is 6.21. The molecule has 102 valence electrons. The normalized spacial score (nSPS) is 9.29. The van der Waals surface area contributed by atoms with Gasteiger partial charge in [0.05, 0.1) is 0 Å². The molecule has 2 aromatic rings. The Morgan fingerprint density at radius 2 is 1.71 bits per heavy atom. The van der Waals surface area contributed by atoms with Crippen molar-refractivity contribution in [3.05, 3.63) is 70.3 Å². The Balaban J connectivity index is 2.18. The molecule has 0 bridgehead atoms. The summed E-state index contributed by atoms with van der Waals surface area (Å²) in [6.07, 6.45) is 1.51. The van der Waals surface area contributed by atoms with E-state index in [4.69, 9.17) is 26.9 Å². The van der Waals surface area contributed by atoms with Crippen LogP contribution in [-0.4, -0.2) is 0 Å². The van der Waals surface area contributed by atoms with E-state index in [2.05, 4.69) is 0 Å². The first-order valence-corrected chi connectivity index (χ1v) is 6.59. The summed E-state index contributed by atoms with van der Waals surface area (Å²) >= 11 is 5.83. The molecular weight excluding hydrogens is 284 g/mol. The highest BCUT2D eigenvalue weighted by Gasteiger charge is 2.03. The number of rotatable bonds is 4. The van der Waals surface area contributed by atoms with E-state index in [1.165, 1.54) is 6.08 Å². The van der Waals surface area contributed by atoms with E-state index < -0.39 is 0 Å². The first kappa shape index (κ1) is 14.7. The summed E-state index contributed by atoms with van der Waals surface area (Å²) in [4.78, 5) is 0. The largest absolute Gasteiger partial charge is 0.488 e. The van der Waals surface area contributed by atoms with Gasteiger partial charge in [-0.3, -0.25) is 0 Å². The van der Waals surface area contributed by atoms with Crippen molar-refractivity contribution in [1.82, 2.24) is 0 Å². The molecule has 0 heterocycles. The Labute approximate surface area is 128 Å². The minimum atomic E-state index is 0.0394. The molecule has 0 saturated heterocycles. The molecule has 0 amide bonds. The maximum atomic E-state index is 8.82. The number of allylic oxidation sites excluding steroid dienone is 1. The van der Waals surface area contributed by atoms with Gasteiger partial charge in [-0.15, -0.1) is 0 Å². The molecule has 0 fully saturated rings. The molecule has 0 radical (unpaired) electrons. The molecule has 0 saturated carbocycles. The van der Waals surface area contributed by atoms with Crippen LogP contribution >= 0.6 is 11.6 Å². The predicted molar refractivity (Wildman–Crippen MR) is 81.4 cm³/mol. The van der Waals surface area contributed by atoms with Crippen molar-refractivity contribution in [3.8, 4) is 17.9 Å². The summed E-state index contributed by atoms with van der Waals surface area (Å²) in [6.45, 7) is 0.385. The van der Waals surface area contributed by atoms with Crippen LogP contribution in [0.2, 0.25) is 5.02 Å². The van der Waals surface area contributed by atoms with Gasteiger partial charge in [0.2, 0.25) is 0 Å². The van der Waals surface area contributed by atoms with Crippen LogP contribution < -0.4 is 4.74 Å². The number of nitriles is 2. The van der Waals surface area contributed by atoms with E-state index in [9.17, 15) is 0 Å². The summed E-state index contributed by atoms with van der Waals surface area (Å²) < 4.78 is 5.75. The smallest absolute Gasteiger partial charge is 0.130 e. The molecular formula is C17H11ClN2O. The molecule has 4 heteroatoms. The highest BCUT2D eigenvalue weighted by molar-refractivity contribution is 6.30. The maximum absolute atomic E-state index is 8.82. The minimum Gasteiger partial charge on any atom is -0.488 e. The second-order valence-corrected chi connectivity index (χ2v) is 4.67. The van der Waals surface area contributed by atoms with Crippen molar-refractivity contribution < 1.29 is 4.74 Å². The van der Waals surface area contributed by atoms with Gasteiger partial charge < -0.3 is 4.74 Å². The van der Waals surface area contributed by atoms with Gasteiger partial charge in [0.1, 0.15) is 30.1 Å². The number of nitrogens with zero attached hydrogens (tertiary/aromatic N) is 2. The molecule has 0 aliphatic rings. The third-order valence-corrected chi connectivity index (χ3v) is 3.02. The van der Waals surface area contributed by atoms with Crippen molar-refractivity contribution in [3.63, 3.8) is 0 Å². The van der Waals surface area contributed by atoms with Gasteiger partial charge in [-0.05, 0) is 29.8 Å². The predicted octanol–water partition coefficient (Wildman–Crippen LogP) is 4.35. The van der Waals surface area contributed by atoms with E-state index in [1.807, 2.05) is 36.4 Å². The highest BCUT2D eigenvalue weighted by atomic mass is 35.5. The summed E-state index contributed by atoms with van der Waals surface area (Å²) in [5.41, 5.74) is 1.72. The Hall–Kier alpha value is -2.75. The van der Waals surface area contributed by atoms with Gasteiger partial charge in [0.15, 0.2) is 0 Å². The molecule has 0 aliphatic carbocycles. The molecule has 0 atom stereocenters. The molecule has 0 N–H and O–H groups in total. The third-order valence-electron chi connectivity index (χ3n) is 2.77. The third kappa shape index (κ3) is 4.11. The van der Waals surface area contributed by atoms with E-state index >= 15 is 0 Å². The van der Waals surface area contributed by atoms with E-state index in [1.54, 1.807) is 24.3 Å². The molecule has 2 rings (SSSR count). The molecule has 0 spiro atoms. The lowest BCUT2D eigenvalue weighted by Gasteiger charge is -2.09. The van der Waals surface area contributed by atoms with E-state index in [-0.39, 0.29) is 5.57 Å². The second kappa shape index (κ2) is 7.14. The molecule has 0 aliphatic heterocycles. The number of benzene rings is 2. The van der Waals surface area contributed by atoms with Crippen molar-refractivity contribution in [1.29, 1.82) is 10.5 Å². The monoisotopic (exact) mass is 294 g/mol. The summed E-state index contributed by atoms with van der Waals surface area (Å²) in [6, 6.07) is 18.3. The second-order valence-electron chi connectivity index (χ2n) is 4.23. The Kier molecular flexibility index (Phi) is 4.99. The van der Waals surface area contributed by atoms with Gasteiger partial charge in [-0.2, -0.15) is 10.5 Å². The summed E-state index contributed by atoms with van der Waals surface area (Å²) in [7, 11) is 0. The van der Waals surface area contributed by atoms with Crippen LogP contribution in [0.5, 0.6) is 5.75 Å². The van der Waals surface area contributed by atoms with Crippen LogP contribution in [0.4, 0.5) is 0 Å². The van der Waals surface area contributed by atoms with Gasteiger partial charge in [0, 0.05) is 10.6 Å². The topological polar surface area (TPSA) is 56.8 Å². The number of para-hydroxylation sites is 1. The van der Waals surface area contributed by atoms with Crippen molar-refractivity contribution in [2.75, 3.05) is 0 Å². The minimum absolute atomic E-state index is 0.0394. The molecule has 21 heavy (non-hydrogen) atoms. The van der Waals surface area contributed by atoms with Crippen molar-refractivity contribution in [2.45, 2.75) is 6.61 Å². The zero-order chi connectivity index (χ0) is 15.1. The first-order chi connectivity index (χ1) is 10.2. The van der Waals surface area contributed by atoms with Crippen LogP contribution in [0.3, 0.4) is 0 Å². The standard InChI is InChI=1S/C17H11ClN2O/c18-16-7-5-13(6-8-16)12-21-17-4-2-1-3-15(17)9-14(10-19)11-20/h1-9H,12H2. The van der Waals surface area contributed by atoms with Crippen molar-refractivity contribution in [2.24, 2.45) is 0 Å². The average molecular weight is 295 g/mol. The van der Waals surface area contributed by atoms with Crippen molar-refractivity contribution >= 4 is 17.7 Å². The fourth-order valence-corrected chi connectivity index (χ4v) is 1.84. The molecule has 0 aromatic heterocycles. The van der Waals surface area contributed by atoms with Crippen LogP contribution in [0.1, 0.15) is 11.1 Å². The van der Waals surface area contributed by atoms with Crippen LogP contribution in [-0.2, 0) is 6.61 Å². The lowest BCUT2D eigenvalue weighted by Crippen LogP contribution is -1.96. The summed E-state index contributed by atoms with van der Waals surface area (Å²) in [5.74, 6) is 0.621. The van der Waals surface area contributed by atoms with Gasteiger partial charge in [-0.1, -0.05) is 41.9 Å². The van der Waals surface area contributed by atoms with Gasteiger partial charge in [0.25, 0.3) is 0 Å². The maximum Gasteiger partial charge on any atom is 0.130 e. The van der Waals surface area contributed by atoms with Gasteiger partial charge >= 0.3 is 0 Å².